The van der Waals surface area contributed by atoms with Gasteiger partial charge in [-0.2, -0.15) is 0 Å². The zero-order valence-corrected chi connectivity index (χ0v) is 14.1. The van der Waals surface area contributed by atoms with Gasteiger partial charge in [-0.3, -0.25) is 0 Å². The number of benzene rings is 2. The largest absolute Gasteiger partial charge is 0.396 e. The summed E-state index contributed by atoms with van der Waals surface area (Å²) in [5.41, 5.74) is 2.26. The van der Waals surface area contributed by atoms with Crippen molar-refractivity contribution in [1.82, 2.24) is 10.6 Å². The van der Waals surface area contributed by atoms with Gasteiger partial charge in [-0.15, -0.1) is 0 Å². The van der Waals surface area contributed by atoms with Gasteiger partial charge in [0.25, 0.3) is 0 Å². The lowest BCUT2D eigenvalue weighted by Gasteiger charge is -2.21. The number of urea groups is 1. The first-order valence-electron chi connectivity index (χ1n) is 8.69. The molecule has 3 rings (SSSR count). The van der Waals surface area contributed by atoms with Gasteiger partial charge in [-0.1, -0.05) is 72.8 Å². The smallest absolute Gasteiger partial charge is 0.315 e. The molecule has 0 bridgehead atoms. The first-order valence-corrected chi connectivity index (χ1v) is 8.69. The van der Waals surface area contributed by atoms with Crippen LogP contribution in [0.15, 0.2) is 72.8 Å². The summed E-state index contributed by atoms with van der Waals surface area (Å²) in [6.45, 7) is 0.122. The number of carbonyl (C=O) groups is 1. The number of hydrogen-bond donors (Lipinski definition) is 3. The second-order valence-corrected chi connectivity index (χ2v) is 6.44. The van der Waals surface area contributed by atoms with Gasteiger partial charge in [0.1, 0.15) is 0 Å². The number of hydrogen-bond acceptors (Lipinski definition) is 2. The highest BCUT2D eigenvalue weighted by atomic mass is 16.3. The van der Waals surface area contributed by atoms with Crippen molar-refractivity contribution in [3.63, 3.8) is 0 Å². The maximum atomic E-state index is 12.4. The predicted octanol–water partition coefficient (Wildman–Crippen LogP) is 3.21. The van der Waals surface area contributed by atoms with Crippen LogP contribution in [0.4, 0.5) is 4.79 Å². The molecule has 0 saturated carbocycles. The summed E-state index contributed by atoms with van der Waals surface area (Å²) < 4.78 is 0. The quantitative estimate of drug-likeness (QED) is 0.710. The van der Waals surface area contributed by atoms with Gasteiger partial charge in [-0.25, -0.2) is 4.79 Å². The van der Waals surface area contributed by atoms with Crippen molar-refractivity contribution in [3.8, 4) is 0 Å². The second-order valence-electron chi connectivity index (χ2n) is 6.44. The fourth-order valence-corrected chi connectivity index (χ4v) is 3.17. The Hall–Kier alpha value is -2.59. The molecule has 1 aliphatic carbocycles. The summed E-state index contributed by atoms with van der Waals surface area (Å²) in [5, 5.41) is 15.3. The second kappa shape index (κ2) is 8.49. The molecule has 0 spiro atoms. The fraction of sp³-hybridized carbons (Fsp3) is 0.286. The van der Waals surface area contributed by atoms with Crippen molar-refractivity contribution < 1.29 is 9.90 Å². The van der Waals surface area contributed by atoms with Crippen molar-refractivity contribution in [3.05, 3.63) is 83.9 Å². The molecule has 2 aromatic rings. The topological polar surface area (TPSA) is 61.4 Å². The SMILES string of the molecule is O=C(NC(Cc1ccccc1)c1ccccc1)N[C@@H]1C=C[C@H](CO)C1. The maximum absolute atomic E-state index is 12.4. The molecule has 3 atom stereocenters. The van der Waals surface area contributed by atoms with E-state index in [4.69, 9.17) is 0 Å². The summed E-state index contributed by atoms with van der Waals surface area (Å²) in [6, 6.07) is 19.9. The van der Waals surface area contributed by atoms with Crippen LogP contribution in [-0.4, -0.2) is 23.8 Å². The van der Waals surface area contributed by atoms with Gasteiger partial charge >= 0.3 is 6.03 Å². The van der Waals surface area contributed by atoms with Crippen LogP contribution in [0.3, 0.4) is 0 Å². The third-order valence-corrected chi connectivity index (χ3v) is 4.51. The lowest BCUT2D eigenvalue weighted by molar-refractivity contribution is 0.228. The summed E-state index contributed by atoms with van der Waals surface area (Å²) in [7, 11) is 0. The molecular formula is C21H24N2O2. The van der Waals surface area contributed by atoms with E-state index in [1.165, 1.54) is 5.56 Å². The fourth-order valence-electron chi connectivity index (χ4n) is 3.17. The summed E-state index contributed by atoms with van der Waals surface area (Å²) in [6.07, 6.45) is 5.40. The predicted molar refractivity (Wildman–Crippen MR) is 99.1 cm³/mol. The van der Waals surface area contributed by atoms with Gasteiger partial charge in [0.2, 0.25) is 0 Å². The van der Waals surface area contributed by atoms with Gasteiger partial charge in [0.15, 0.2) is 0 Å². The minimum atomic E-state index is -0.182. The van der Waals surface area contributed by atoms with E-state index in [0.717, 1.165) is 18.4 Å². The van der Waals surface area contributed by atoms with Crippen molar-refractivity contribution in [2.45, 2.75) is 24.9 Å². The van der Waals surface area contributed by atoms with E-state index in [-0.39, 0.29) is 30.6 Å². The minimum absolute atomic E-state index is 0.0229. The lowest BCUT2D eigenvalue weighted by Crippen LogP contribution is -2.43. The third kappa shape index (κ3) is 4.94. The number of nitrogens with one attached hydrogen (secondary N) is 2. The van der Waals surface area contributed by atoms with Crippen molar-refractivity contribution in [2.24, 2.45) is 5.92 Å². The van der Waals surface area contributed by atoms with E-state index in [1.807, 2.05) is 60.7 Å². The van der Waals surface area contributed by atoms with E-state index in [0.29, 0.717) is 0 Å². The van der Waals surface area contributed by atoms with Crippen LogP contribution < -0.4 is 10.6 Å². The van der Waals surface area contributed by atoms with E-state index < -0.39 is 0 Å². The highest BCUT2D eigenvalue weighted by Crippen LogP contribution is 2.19. The van der Waals surface area contributed by atoms with Crippen molar-refractivity contribution in [2.75, 3.05) is 6.61 Å². The molecule has 130 valence electrons. The molecular weight excluding hydrogens is 312 g/mol. The number of rotatable bonds is 6. The average molecular weight is 336 g/mol. The molecule has 0 heterocycles. The van der Waals surface area contributed by atoms with Crippen LogP contribution in [-0.2, 0) is 6.42 Å². The molecule has 0 saturated heterocycles. The third-order valence-electron chi connectivity index (χ3n) is 4.51. The van der Waals surface area contributed by atoms with Crippen LogP contribution in [0.25, 0.3) is 0 Å². The van der Waals surface area contributed by atoms with Crippen LogP contribution in [0.2, 0.25) is 0 Å². The first-order chi connectivity index (χ1) is 12.2. The van der Waals surface area contributed by atoms with Crippen LogP contribution >= 0.6 is 0 Å². The zero-order valence-electron chi connectivity index (χ0n) is 14.1. The first kappa shape index (κ1) is 17.2. The Bertz CT molecular complexity index is 700. The Balaban J connectivity index is 1.65. The van der Waals surface area contributed by atoms with Crippen molar-refractivity contribution in [1.29, 1.82) is 0 Å². The molecule has 0 fully saturated rings. The number of amides is 2. The summed E-state index contributed by atoms with van der Waals surface area (Å²) in [5.74, 6) is 0.138. The standard InChI is InChI=1S/C21H24N2O2/c24-15-17-11-12-19(13-17)22-21(25)23-20(18-9-5-2-6-10-18)14-16-7-3-1-4-8-16/h1-12,17,19-20,24H,13-15H2,(H2,22,23,25)/t17-,19+,20?/m0/s1. The zero-order chi connectivity index (χ0) is 17.5. The van der Waals surface area contributed by atoms with Gasteiger partial charge in [-0.05, 0) is 24.0 Å². The Morgan fingerprint density at radius 3 is 2.36 bits per heavy atom. The number of carbonyl (C=O) groups excluding carboxylic acids is 1. The molecule has 1 unspecified atom stereocenters. The number of aliphatic hydroxyl groups excluding tert-OH is 1. The van der Waals surface area contributed by atoms with Crippen molar-refractivity contribution >= 4 is 6.03 Å². The van der Waals surface area contributed by atoms with E-state index in [2.05, 4.69) is 22.8 Å². The van der Waals surface area contributed by atoms with E-state index in [9.17, 15) is 9.90 Å². The molecule has 0 aromatic heterocycles. The highest BCUT2D eigenvalue weighted by molar-refractivity contribution is 5.75. The van der Waals surface area contributed by atoms with Crippen LogP contribution in [0.5, 0.6) is 0 Å². The average Bonchev–Trinajstić information content (AvgIpc) is 3.10. The number of aliphatic hydroxyl groups is 1. The molecule has 3 N–H and O–H groups in total. The maximum Gasteiger partial charge on any atom is 0.315 e. The Labute approximate surface area is 148 Å². The molecule has 4 nitrogen and oxygen atoms in total. The lowest BCUT2D eigenvalue weighted by atomic mass is 9.99. The summed E-state index contributed by atoms with van der Waals surface area (Å²) >= 11 is 0. The van der Waals surface area contributed by atoms with Gasteiger partial charge < -0.3 is 15.7 Å². The molecule has 0 radical (unpaired) electrons. The molecule has 4 heteroatoms. The molecule has 2 aromatic carbocycles. The Morgan fingerprint density at radius 2 is 1.72 bits per heavy atom. The normalized spacial score (nSPS) is 20.2. The van der Waals surface area contributed by atoms with Crippen LogP contribution in [0, 0.1) is 5.92 Å². The Kier molecular flexibility index (Phi) is 5.86. The minimum Gasteiger partial charge on any atom is -0.396 e. The highest BCUT2D eigenvalue weighted by Gasteiger charge is 2.21. The summed E-state index contributed by atoms with van der Waals surface area (Å²) in [4.78, 5) is 12.4. The van der Waals surface area contributed by atoms with Crippen LogP contribution in [0.1, 0.15) is 23.6 Å². The molecule has 0 aliphatic heterocycles. The molecule has 1 aliphatic rings. The van der Waals surface area contributed by atoms with E-state index >= 15 is 0 Å². The molecule has 25 heavy (non-hydrogen) atoms. The van der Waals surface area contributed by atoms with Gasteiger partial charge in [0, 0.05) is 18.6 Å². The Morgan fingerprint density at radius 1 is 1.04 bits per heavy atom. The van der Waals surface area contributed by atoms with Gasteiger partial charge in [0.05, 0.1) is 6.04 Å². The molecule has 2 amide bonds. The monoisotopic (exact) mass is 336 g/mol. The van der Waals surface area contributed by atoms with E-state index in [1.54, 1.807) is 0 Å².